The number of amides is 1. The number of rotatable bonds is 6. The van der Waals surface area contributed by atoms with Gasteiger partial charge in [-0.05, 0) is 52.5 Å². The van der Waals surface area contributed by atoms with Gasteiger partial charge in [0.25, 0.3) is 0 Å². The molecule has 31 heavy (non-hydrogen) atoms. The number of benzene rings is 1. The second-order valence-electron chi connectivity index (χ2n) is 9.68. The lowest BCUT2D eigenvalue weighted by Crippen LogP contribution is -2.51. The minimum atomic E-state index is -0.528. The summed E-state index contributed by atoms with van der Waals surface area (Å²) in [5.74, 6) is 0.146. The van der Waals surface area contributed by atoms with Gasteiger partial charge in [-0.3, -0.25) is 9.69 Å². The van der Waals surface area contributed by atoms with Crippen LogP contribution in [0.4, 0.5) is 4.79 Å². The number of ether oxygens (including phenoxy) is 2. The van der Waals surface area contributed by atoms with E-state index < -0.39 is 5.60 Å². The number of methoxy groups -OCH3 is 1. The molecule has 1 saturated carbocycles. The number of hydrogen-bond acceptors (Lipinski definition) is 5. The summed E-state index contributed by atoms with van der Waals surface area (Å²) in [6.45, 7) is 9.74. The molecule has 2 fully saturated rings. The summed E-state index contributed by atoms with van der Waals surface area (Å²) in [7, 11) is 1.41. The summed E-state index contributed by atoms with van der Waals surface area (Å²) in [6.07, 6.45) is 4.63. The molecule has 170 valence electrons. The highest BCUT2D eigenvalue weighted by Crippen LogP contribution is 2.44. The Labute approximate surface area is 186 Å². The van der Waals surface area contributed by atoms with Gasteiger partial charge in [0.05, 0.1) is 13.7 Å². The van der Waals surface area contributed by atoms with E-state index in [1.54, 1.807) is 0 Å². The van der Waals surface area contributed by atoms with Crippen molar-refractivity contribution in [1.82, 2.24) is 9.80 Å². The van der Waals surface area contributed by atoms with Gasteiger partial charge >= 0.3 is 12.1 Å². The minimum Gasteiger partial charge on any atom is -0.468 e. The van der Waals surface area contributed by atoms with Gasteiger partial charge < -0.3 is 14.4 Å². The molecule has 0 N–H and O–H groups in total. The summed E-state index contributed by atoms with van der Waals surface area (Å²) in [5.41, 5.74) is 1.96. The Morgan fingerprint density at radius 2 is 1.81 bits per heavy atom. The number of carbonyl (C=O) groups is 2. The molecule has 1 aromatic rings. The topological polar surface area (TPSA) is 59.1 Å². The number of likely N-dealkylation sites (tertiary alicyclic amines) is 1. The lowest BCUT2D eigenvalue weighted by Gasteiger charge is -2.39. The molecule has 1 heterocycles. The molecule has 1 aliphatic carbocycles. The van der Waals surface area contributed by atoms with Gasteiger partial charge in [0.2, 0.25) is 0 Å². The fourth-order valence-electron chi connectivity index (χ4n) is 4.37. The highest BCUT2D eigenvalue weighted by molar-refractivity contribution is 5.71. The van der Waals surface area contributed by atoms with Gasteiger partial charge in [-0.2, -0.15) is 0 Å². The van der Waals surface area contributed by atoms with Crippen LogP contribution in [0.25, 0.3) is 6.08 Å². The molecule has 0 bridgehead atoms. The van der Waals surface area contributed by atoms with Crippen LogP contribution in [0.2, 0.25) is 0 Å². The first-order chi connectivity index (χ1) is 14.7. The van der Waals surface area contributed by atoms with E-state index in [4.69, 9.17) is 9.47 Å². The smallest absolute Gasteiger partial charge is 0.410 e. The SMILES string of the molecule is COC(=O)CN1CCC(N(C(=O)OC(C)(C)C)C2CC2/C(C)=C/c2ccccc2)CC1. The molecule has 6 nitrogen and oxygen atoms in total. The second kappa shape index (κ2) is 9.86. The van der Waals surface area contributed by atoms with Gasteiger partial charge in [0.15, 0.2) is 0 Å². The van der Waals surface area contributed by atoms with Crippen molar-refractivity contribution in [1.29, 1.82) is 0 Å². The van der Waals surface area contributed by atoms with E-state index in [1.807, 2.05) is 43.9 Å². The van der Waals surface area contributed by atoms with Crippen LogP contribution in [0.3, 0.4) is 0 Å². The maximum atomic E-state index is 13.2. The van der Waals surface area contributed by atoms with E-state index in [-0.39, 0.29) is 24.1 Å². The van der Waals surface area contributed by atoms with Crippen molar-refractivity contribution in [3.63, 3.8) is 0 Å². The van der Waals surface area contributed by atoms with E-state index in [2.05, 4.69) is 30.0 Å². The Hall–Kier alpha value is -2.34. The van der Waals surface area contributed by atoms with Crippen molar-refractivity contribution in [2.75, 3.05) is 26.7 Å². The third-order valence-electron chi connectivity index (χ3n) is 6.03. The molecule has 3 rings (SSSR count). The van der Waals surface area contributed by atoms with E-state index in [0.717, 1.165) is 32.4 Å². The second-order valence-corrected chi connectivity index (χ2v) is 9.68. The summed E-state index contributed by atoms with van der Waals surface area (Å²) in [5, 5.41) is 0. The van der Waals surface area contributed by atoms with Crippen molar-refractivity contribution in [2.24, 2.45) is 5.92 Å². The first kappa shape index (κ1) is 23.3. The quantitative estimate of drug-likeness (QED) is 0.631. The van der Waals surface area contributed by atoms with Crippen molar-refractivity contribution in [2.45, 2.75) is 64.6 Å². The van der Waals surface area contributed by atoms with Crippen LogP contribution in [0.5, 0.6) is 0 Å². The predicted molar refractivity (Wildman–Crippen MR) is 122 cm³/mol. The maximum absolute atomic E-state index is 13.2. The molecule has 2 aliphatic rings. The lowest BCUT2D eigenvalue weighted by molar-refractivity contribution is -0.142. The fourth-order valence-corrected chi connectivity index (χ4v) is 4.37. The maximum Gasteiger partial charge on any atom is 0.410 e. The Balaban J connectivity index is 1.69. The Bertz CT molecular complexity index is 791. The van der Waals surface area contributed by atoms with E-state index >= 15 is 0 Å². The van der Waals surface area contributed by atoms with E-state index in [1.165, 1.54) is 18.2 Å². The average molecular weight is 429 g/mol. The zero-order valence-electron chi connectivity index (χ0n) is 19.5. The largest absolute Gasteiger partial charge is 0.468 e. The highest BCUT2D eigenvalue weighted by atomic mass is 16.6. The first-order valence-electron chi connectivity index (χ1n) is 11.2. The third-order valence-corrected chi connectivity index (χ3v) is 6.03. The molecule has 2 unspecified atom stereocenters. The number of esters is 1. The average Bonchev–Trinajstić information content (AvgIpc) is 3.49. The van der Waals surface area contributed by atoms with E-state index in [0.29, 0.717) is 12.5 Å². The fraction of sp³-hybridized carbons (Fsp3) is 0.600. The normalized spacial score (nSPS) is 22.7. The number of hydrogen-bond donors (Lipinski definition) is 0. The highest BCUT2D eigenvalue weighted by Gasteiger charge is 2.48. The van der Waals surface area contributed by atoms with Crippen LogP contribution >= 0.6 is 0 Å². The van der Waals surface area contributed by atoms with Gasteiger partial charge in [-0.1, -0.05) is 42.0 Å². The monoisotopic (exact) mass is 428 g/mol. The Morgan fingerprint density at radius 3 is 2.39 bits per heavy atom. The van der Waals surface area contributed by atoms with Crippen LogP contribution < -0.4 is 0 Å². The molecule has 1 amide bonds. The molecule has 0 radical (unpaired) electrons. The standard InChI is InChI=1S/C25H36N2O4/c1-18(15-19-9-7-6-8-10-19)21-16-22(21)27(24(29)31-25(2,3)4)20-11-13-26(14-12-20)17-23(28)30-5/h6-10,15,20-22H,11-14,16-17H2,1-5H3/b18-15+. The Kier molecular flexibility index (Phi) is 7.42. The molecule has 1 saturated heterocycles. The van der Waals surface area contributed by atoms with Crippen LogP contribution in [-0.4, -0.2) is 66.3 Å². The molecule has 2 atom stereocenters. The molecule has 6 heteroatoms. The van der Waals surface area contributed by atoms with Crippen LogP contribution in [0.15, 0.2) is 35.9 Å². The van der Waals surface area contributed by atoms with Gasteiger partial charge in [0, 0.05) is 31.1 Å². The van der Waals surface area contributed by atoms with E-state index in [9.17, 15) is 9.59 Å². The van der Waals surface area contributed by atoms with Crippen molar-refractivity contribution in [3.8, 4) is 0 Å². The summed E-state index contributed by atoms with van der Waals surface area (Å²) >= 11 is 0. The summed E-state index contributed by atoms with van der Waals surface area (Å²) in [4.78, 5) is 28.9. The molecular weight excluding hydrogens is 392 g/mol. The Morgan fingerprint density at radius 1 is 1.16 bits per heavy atom. The van der Waals surface area contributed by atoms with Crippen molar-refractivity contribution in [3.05, 3.63) is 41.5 Å². The van der Waals surface area contributed by atoms with Gasteiger partial charge in [-0.25, -0.2) is 4.79 Å². The van der Waals surface area contributed by atoms with Crippen LogP contribution in [0, 0.1) is 5.92 Å². The molecule has 1 aromatic carbocycles. The zero-order chi connectivity index (χ0) is 22.6. The molecule has 0 aromatic heterocycles. The zero-order valence-corrected chi connectivity index (χ0v) is 19.5. The van der Waals surface area contributed by atoms with Crippen molar-refractivity contribution < 1.29 is 19.1 Å². The first-order valence-corrected chi connectivity index (χ1v) is 11.2. The molecule has 1 aliphatic heterocycles. The van der Waals surface area contributed by atoms with Gasteiger partial charge in [-0.15, -0.1) is 0 Å². The minimum absolute atomic E-state index is 0.128. The predicted octanol–water partition coefficient (Wildman–Crippen LogP) is 4.35. The molecule has 0 spiro atoms. The van der Waals surface area contributed by atoms with Crippen LogP contribution in [-0.2, 0) is 14.3 Å². The lowest BCUT2D eigenvalue weighted by atomic mass is 10.0. The number of nitrogens with zero attached hydrogens (tertiary/aromatic N) is 2. The van der Waals surface area contributed by atoms with Crippen molar-refractivity contribution >= 4 is 18.1 Å². The number of piperidine rings is 1. The molecular formula is C25H36N2O4. The number of carbonyl (C=O) groups excluding carboxylic acids is 2. The third kappa shape index (κ3) is 6.57. The van der Waals surface area contributed by atoms with Gasteiger partial charge in [0.1, 0.15) is 5.60 Å². The van der Waals surface area contributed by atoms with Crippen LogP contribution in [0.1, 0.15) is 52.5 Å². The summed E-state index contributed by atoms with van der Waals surface area (Å²) < 4.78 is 10.6. The summed E-state index contributed by atoms with van der Waals surface area (Å²) in [6, 6.07) is 10.6.